The Hall–Kier alpha value is -2.18. The van der Waals surface area contributed by atoms with Crippen LogP contribution in [0.3, 0.4) is 0 Å². The van der Waals surface area contributed by atoms with Crippen molar-refractivity contribution in [2.45, 2.75) is 45.6 Å². The van der Waals surface area contributed by atoms with Crippen molar-refractivity contribution >= 4 is 12.1 Å². The van der Waals surface area contributed by atoms with E-state index in [0.29, 0.717) is 11.2 Å². The second-order valence-corrected chi connectivity index (χ2v) is 5.72. The molecule has 1 aliphatic carbocycles. The highest BCUT2D eigenvalue weighted by atomic mass is 16.6. The monoisotopic (exact) mass is 295 g/mol. The number of nitrogens with zero attached hydrogens (tertiary/aromatic N) is 2. The Bertz CT molecular complexity index is 481. The van der Waals surface area contributed by atoms with Gasteiger partial charge in [0.05, 0.1) is 11.0 Å². The van der Waals surface area contributed by atoms with E-state index in [1.165, 1.54) is 12.4 Å². The van der Waals surface area contributed by atoms with E-state index in [-0.39, 0.29) is 18.2 Å². The Balaban J connectivity index is 0.000000677. The first-order valence-electron chi connectivity index (χ1n) is 6.80. The summed E-state index contributed by atoms with van der Waals surface area (Å²) in [5.74, 6) is 0.333. The maximum absolute atomic E-state index is 10.9. The van der Waals surface area contributed by atoms with Gasteiger partial charge in [0.25, 0.3) is 0 Å². The Morgan fingerprint density at radius 2 is 2.05 bits per heavy atom. The molecule has 0 aromatic carbocycles. The van der Waals surface area contributed by atoms with Crippen LogP contribution in [0.25, 0.3) is 0 Å². The Morgan fingerprint density at radius 3 is 2.57 bits per heavy atom. The van der Waals surface area contributed by atoms with Crippen LogP contribution in [-0.2, 0) is 4.79 Å². The fourth-order valence-corrected chi connectivity index (χ4v) is 2.28. The molecule has 2 N–H and O–H groups in total. The van der Waals surface area contributed by atoms with E-state index in [0.717, 1.165) is 25.7 Å². The van der Waals surface area contributed by atoms with Gasteiger partial charge in [-0.25, -0.2) is 0 Å². The number of hydrogen-bond donors (Lipinski definition) is 1. The summed E-state index contributed by atoms with van der Waals surface area (Å²) < 4.78 is 5.76. The van der Waals surface area contributed by atoms with Gasteiger partial charge in [-0.05, 0) is 31.1 Å². The van der Waals surface area contributed by atoms with Crippen LogP contribution >= 0.6 is 0 Å². The third-order valence-corrected chi connectivity index (χ3v) is 3.54. The molecule has 1 saturated carbocycles. The number of carbonyl (C=O) groups is 1. The van der Waals surface area contributed by atoms with Crippen LogP contribution in [0, 0.1) is 15.5 Å². The van der Waals surface area contributed by atoms with Crippen LogP contribution in [0.4, 0.5) is 5.69 Å². The second-order valence-electron chi connectivity index (χ2n) is 5.72. The van der Waals surface area contributed by atoms with Gasteiger partial charge in [0.1, 0.15) is 6.20 Å². The number of hydrogen-bond acceptors (Lipinski definition) is 5. The van der Waals surface area contributed by atoms with Gasteiger partial charge in [-0.3, -0.25) is 19.9 Å². The van der Waals surface area contributed by atoms with Gasteiger partial charge in [0.15, 0.2) is 0 Å². The van der Waals surface area contributed by atoms with Gasteiger partial charge in [-0.1, -0.05) is 13.8 Å². The number of carbonyl (C=O) groups excluding carboxylic acids is 1. The van der Waals surface area contributed by atoms with Crippen LogP contribution in [0.2, 0.25) is 0 Å². The average molecular weight is 295 g/mol. The standard InChI is InChI=1S/C13H18N2O3.CH3NO/c1-13(2)6-3-10(4-7-13)18-12-5-8-14-9-11(12)15(16)17;2-1-3/h5,8-10H,3-4,6-7H2,1-2H3;1H,(H2,2,3). The van der Waals surface area contributed by atoms with E-state index >= 15 is 0 Å². The van der Waals surface area contributed by atoms with Crippen molar-refractivity contribution in [1.29, 1.82) is 0 Å². The van der Waals surface area contributed by atoms with Crippen molar-refractivity contribution < 1.29 is 14.5 Å². The smallest absolute Gasteiger partial charge is 0.329 e. The molecule has 1 heterocycles. The molecule has 0 radical (unpaired) electrons. The highest BCUT2D eigenvalue weighted by molar-refractivity contribution is 5.43. The molecule has 1 aromatic rings. The zero-order chi connectivity index (χ0) is 15.9. The Kier molecular flexibility index (Phi) is 6.08. The minimum Gasteiger partial charge on any atom is -0.483 e. The van der Waals surface area contributed by atoms with Crippen molar-refractivity contribution in [2.24, 2.45) is 11.1 Å². The molecule has 0 spiro atoms. The third-order valence-electron chi connectivity index (χ3n) is 3.54. The molecule has 1 aromatic heterocycles. The van der Waals surface area contributed by atoms with Gasteiger partial charge in [0, 0.05) is 12.3 Å². The summed E-state index contributed by atoms with van der Waals surface area (Å²) in [5, 5.41) is 10.9. The topological polar surface area (TPSA) is 108 Å². The number of aromatic nitrogens is 1. The fourth-order valence-electron chi connectivity index (χ4n) is 2.28. The SMILES string of the molecule is CC1(C)CCC(Oc2ccncc2[N+](=O)[O-])CC1.NC=O. The van der Waals surface area contributed by atoms with E-state index in [9.17, 15) is 10.1 Å². The molecule has 0 aliphatic heterocycles. The van der Waals surface area contributed by atoms with Gasteiger partial charge in [0.2, 0.25) is 12.2 Å². The lowest BCUT2D eigenvalue weighted by Crippen LogP contribution is -2.28. The van der Waals surface area contributed by atoms with Crippen LogP contribution in [0.5, 0.6) is 5.75 Å². The quantitative estimate of drug-likeness (QED) is 0.523. The van der Waals surface area contributed by atoms with E-state index < -0.39 is 4.92 Å². The first-order chi connectivity index (χ1) is 9.89. The second kappa shape index (κ2) is 7.56. The number of rotatable bonds is 3. The van der Waals surface area contributed by atoms with Gasteiger partial charge in [-0.15, -0.1) is 0 Å². The van der Waals surface area contributed by atoms with Crippen LogP contribution in [0.15, 0.2) is 18.5 Å². The normalized spacial score (nSPS) is 17.2. The Morgan fingerprint density at radius 1 is 1.48 bits per heavy atom. The highest BCUT2D eigenvalue weighted by Gasteiger charge is 2.29. The molecule has 7 heteroatoms. The van der Waals surface area contributed by atoms with E-state index in [4.69, 9.17) is 9.53 Å². The summed E-state index contributed by atoms with van der Waals surface area (Å²) in [4.78, 5) is 22.7. The minimum absolute atomic E-state index is 0.0534. The summed E-state index contributed by atoms with van der Waals surface area (Å²) in [6, 6.07) is 1.57. The first-order valence-corrected chi connectivity index (χ1v) is 6.80. The first kappa shape index (κ1) is 16.9. The molecule has 1 fully saturated rings. The molecule has 21 heavy (non-hydrogen) atoms. The maximum Gasteiger partial charge on any atom is 0.329 e. The zero-order valence-electron chi connectivity index (χ0n) is 12.3. The molecule has 0 saturated heterocycles. The molecule has 7 nitrogen and oxygen atoms in total. The molecular weight excluding hydrogens is 274 g/mol. The minimum atomic E-state index is -0.449. The molecule has 1 amide bonds. The molecule has 0 bridgehead atoms. The summed E-state index contributed by atoms with van der Waals surface area (Å²) in [6.45, 7) is 4.50. The van der Waals surface area contributed by atoms with Crippen molar-refractivity contribution in [3.05, 3.63) is 28.6 Å². The summed E-state index contributed by atoms with van der Waals surface area (Å²) in [5.41, 5.74) is 4.48. The third kappa shape index (κ3) is 5.37. The number of nitrogens with two attached hydrogens (primary N) is 1. The predicted molar refractivity (Wildman–Crippen MR) is 77.8 cm³/mol. The molecule has 2 rings (SSSR count). The van der Waals surface area contributed by atoms with E-state index in [2.05, 4.69) is 24.6 Å². The van der Waals surface area contributed by atoms with Crippen molar-refractivity contribution in [3.63, 3.8) is 0 Å². The highest BCUT2D eigenvalue weighted by Crippen LogP contribution is 2.37. The largest absolute Gasteiger partial charge is 0.483 e. The predicted octanol–water partition coefficient (Wildman–Crippen LogP) is 2.44. The lowest BCUT2D eigenvalue weighted by atomic mass is 9.76. The molecule has 0 atom stereocenters. The van der Waals surface area contributed by atoms with Crippen molar-refractivity contribution in [2.75, 3.05) is 0 Å². The van der Waals surface area contributed by atoms with Crippen LogP contribution in [0.1, 0.15) is 39.5 Å². The van der Waals surface area contributed by atoms with E-state index in [1.807, 2.05) is 0 Å². The van der Waals surface area contributed by atoms with E-state index in [1.54, 1.807) is 6.07 Å². The zero-order valence-corrected chi connectivity index (χ0v) is 12.3. The average Bonchev–Trinajstić information content (AvgIpc) is 2.42. The van der Waals surface area contributed by atoms with Gasteiger partial charge >= 0.3 is 5.69 Å². The van der Waals surface area contributed by atoms with Gasteiger partial charge < -0.3 is 10.5 Å². The van der Waals surface area contributed by atoms with Crippen LogP contribution in [-0.4, -0.2) is 22.4 Å². The summed E-state index contributed by atoms with van der Waals surface area (Å²) >= 11 is 0. The molecule has 116 valence electrons. The van der Waals surface area contributed by atoms with Gasteiger partial charge in [-0.2, -0.15) is 0 Å². The van der Waals surface area contributed by atoms with Crippen molar-refractivity contribution in [1.82, 2.24) is 4.98 Å². The number of nitro groups is 1. The number of ether oxygens (including phenoxy) is 1. The Labute approximate surface area is 123 Å². The van der Waals surface area contributed by atoms with Crippen LogP contribution < -0.4 is 10.5 Å². The maximum atomic E-state index is 10.9. The molecule has 0 unspecified atom stereocenters. The lowest BCUT2D eigenvalue weighted by Gasteiger charge is -2.34. The fraction of sp³-hybridized carbons (Fsp3) is 0.571. The van der Waals surface area contributed by atoms with Crippen molar-refractivity contribution in [3.8, 4) is 5.75 Å². The summed E-state index contributed by atoms with van der Waals surface area (Å²) in [7, 11) is 0. The number of primary amides is 1. The lowest BCUT2D eigenvalue weighted by molar-refractivity contribution is -0.386. The molecule has 1 aliphatic rings. The molecular formula is C14H21N3O4. The summed E-state index contributed by atoms with van der Waals surface area (Å²) in [6.07, 6.45) is 7.18. The number of pyridine rings is 1. The number of amides is 1.